The van der Waals surface area contributed by atoms with Gasteiger partial charge < -0.3 is 0 Å². The summed E-state index contributed by atoms with van der Waals surface area (Å²) in [5.41, 5.74) is 2.98. The molecule has 0 aliphatic heterocycles. The highest BCUT2D eigenvalue weighted by Gasteiger charge is 2.14. The number of halogens is 2. The summed E-state index contributed by atoms with van der Waals surface area (Å²) in [6.45, 7) is 7.82. The third-order valence-electron chi connectivity index (χ3n) is 2.92. The van der Waals surface area contributed by atoms with Crippen molar-refractivity contribution in [2.45, 2.75) is 33.6 Å². The molecule has 1 aromatic heterocycles. The minimum atomic E-state index is -0.238. The summed E-state index contributed by atoms with van der Waals surface area (Å²) in [7, 11) is 0. The molecule has 0 radical (unpaired) electrons. The SMILES string of the molecule is Cc1cc(C)c(-c2cc(Br)nc(C(C)C)n2)c(F)c1. The van der Waals surface area contributed by atoms with E-state index in [1.54, 1.807) is 6.07 Å². The second-order valence-corrected chi connectivity index (χ2v) is 5.84. The Morgan fingerprint density at radius 2 is 1.79 bits per heavy atom. The van der Waals surface area contributed by atoms with Crippen LogP contribution in [-0.2, 0) is 0 Å². The summed E-state index contributed by atoms with van der Waals surface area (Å²) >= 11 is 3.37. The number of benzene rings is 1. The molecule has 0 aliphatic rings. The molecule has 4 heteroatoms. The zero-order valence-corrected chi connectivity index (χ0v) is 13.0. The van der Waals surface area contributed by atoms with Gasteiger partial charge in [-0.05, 0) is 53.0 Å². The van der Waals surface area contributed by atoms with Crippen molar-refractivity contribution in [3.63, 3.8) is 0 Å². The Kier molecular flexibility index (Phi) is 3.99. The van der Waals surface area contributed by atoms with Gasteiger partial charge in [0.05, 0.1) is 5.69 Å². The Labute approximate surface area is 121 Å². The van der Waals surface area contributed by atoms with E-state index < -0.39 is 0 Å². The van der Waals surface area contributed by atoms with E-state index in [1.807, 2.05) is 33.8 Å². The molecule has 19 heavy (non-hydrogen) atoms. The van der Waals surface area contributed by atoms with E-state index in [1.165, 1.54) is 6.07 Å². The zero-order chi connectivity index (χ0) is 14.2. The Morgan fingerprint density at radius 1 is 1.11 bits per heavy atom. The highest BCUT2D eigenvalue weighted by Crippen LogP contribution is 2.28. The highest BCUT2D eigenvalue weighted by atomic mass is 79.9. The molecule has 2 nitrogen and oxygen atoms in total. The van der Waals surface area contributed by atoms with E-state index in [2.05, 4.69) is 25.9 Å². The fourth-order valence-electron chi connectivity index (χ4n) is 2.06. The van der Waals surface area contributed by atoms with E-state index in [9.17, 15) is 4.39 Å². The molecule has 0 spiro atoms. The first-order chi connectivity index (χ1) is 8.88. The average molecular weight is 323 g/mol. The summed E-state index contributed by atoms with van der Waals surface area (Å²) in [6, 6.07) is 5.25. The molecular formula is C15H16BrFN2. The van der Waals surface area contributed by atoms with E-state index >= 15 is 0 Å². The molecule has 0 atom stereocenters. The van der Waals surface area contributed by atoms with E-state index in [0.717, 1.165) is 11.1 Å². The summed E-state index contributed by atoms with van der Waals surface area (Å²) in [5.74, 6) is 0.673. The van der Waals surface area contributed by atoms with Gasteiger partial charge in [0.15, 0.2) is 0 Å². The van der Waals surface area contributed by atoms with Crippen LogP contribution in [0.1, 0.15) is 36.7 Å². The maximum atomic E-state index is 14.2. The lowest BCUT2D eigenvalue weighted by Gasteiger charge is -2.11. The van der Waals surface area contributed by atoms with Crippen LogP contribution in [0.2, 0.25) is 0 Å². The molecule has 1 heterocycles. The van der Waals surface area contributed by atoms with Crippen LogP contribution in [0, 0.1) is 19.7 Å². The lowest BCUT2D eigenvalue weighted by Crippen LogP contribution is -2.01. The van der Waals surface area contributed by atoms with Crippen LogP contribution in [0.5, 0.6) is 0 Å². The number of aryl methyl sites for hydroxylation is 2. The van der Waals surface area contributed by atoms with Crippen molar-refractivity contribution >= 4 is 15.9 Å². The largest absolute Gasteiger partial charge is 0.232 e. The molecule has 2 aromatic rings. The van der Waals surface area contributed by atoms with E-state index in [-0.39, 0.29) is 11.7 Å². The van der Waals surface area contributed by atoms with Crippen molar-refractivity contribution < 1.29 is 4.39 Å². The topological polar surface area (TPSA) is 25.8 Å². The van der Waals surface area contributed by atoms with Crippen LogP contribution in [0.25, 0.3) is 11.3 Å². The van der Waals surface area contributed by atoms with Gasteiger partial charge in [0, 0.05) is 11.5 Å². The highest BCUT2D eigenvalue weighted by molar-refractivity contribution is 9.10. The van der Waals surface area contributed by atoms with Crippen LogP contribution in [-0.4, -0.2) is 9.97 Å². The molecule has 0 saturated carbocycles. The first-order valence-electron chi connectivity index (χ1n) is 6.20. The normalized spacial score (nSPS) is 11.1. The summed E-state index contributed by atoms with van der Waals surface area (Å²) < 4.78 is 14.9. The third kappa shape index (κ3) is 3.00. The first kappa shape index (κ1) is 14.1. The zero-order valence-electron chi connectivity index (χ0n) is 11.5. The molecule has 2 rings (SSSR count). The molecular weight excluding hydrogens is 307 g/mol. The maximum absolute atomic E-state index is 14.2. The Hall–Kier alpha value is -1.29. The molecule has 0 unspecified atom stereocenters. The predicted molar refractivity (Wildman–Crippen MR) is 78.7 cm³/mol. The number of nitrogens with zero attached hydrogens (tertiary/aromatic N) is 2. The van der Waals surface area contributed by atoms with Crippen LogP contribution < -0.4 is 0 Å². The Bertz CT molecular complexity index is 601. The van der Waals surface area contributed by atoms with E-state index in [0.29, 0.717) is 21.7 Å². The number of hydrogen-bond acceptors (Lipinski definition) is 2. The quantitative estimate of drug-likeness (QED) is 0.743. The lowest BCUT2D eigenvalue weighted by molar-refractivity contribution is 0.628. The minimum Gasteiger partial charge on any atom is -0.232 e. The van der Waals surface area contributed by atoms with Gasteiger partial charge in [-0.3, -0.25) is 0 Å². The molecule has 100 valence electrons. The van der Waals surface area contributed by atoms with Crippen molar-refractivity contribution in [1.82, 2.24) is 9.97 Å². The summed E-state index contributed by atoms with van der Waals surface area (Å²) in [5, 5.41) is 0. The molecule has 0 N–H and O–H groups in total. The molecule has 0 bridgehead atoms. The fraction of sp³-hybridized carbons (Fsp3) is 0.333. The second-order valence-electron chi connectivity index (χ2n) is 5.03. The van der Waals surface area contributed by atoms with Crippen molar-refractivity contribution in [1.29, 1.82) is 0 Å². The van der Waals surface area contributed by atoms with Crippen molar-refractivity contribution in [2.24, 2.45) is 0 Å². The van der Waals surface area contributed by atoms with Gasteiger partial charge in [0.1, 0.15) is 16.2 Å². The average Bonchev–Trinajstić information content (AvgIpc) is 2.26. The van der Waals surface area contributed by atoms with Crippen molar-refractivity contribution in [3.05, 3.63) is 45.6 Å². The molecule has 0 saturated heterocycles. The predicted octanol–water partition coefficient (Wildman–Crippen LogP) is 4.79. The lowest BCUT2D eigenvalue weighted by atomic mass is 10.0. The minimum absolute atomic E-state index is 0.199. The summed E-state index contributed by atoms with van der Waals surface area (Å²) in [4.78, 5) is 8.79. The van der Waals surface area contributed by atoms with Crippen LogP contribution in [0.3, 0.4) is 0 Å². The van der Waals surface area contributed by atoms with Crippen LogP contribution in [0.15, 0.2) is 22.8 Å². The Morgan fingerprint density at radius 3 is 2.37 bits per heavy atom. The second kappa shape index (κ2) is 5.37. The van der Waals surface area contributed by atoms with Gasteiger partial charge in [-0.25, -0.2) is 14.4 Å². The molecule has 0 aliphatic carbocycles. The molecule has 0 fully saturated rings. The monoisotopic (exact) mass is 322 g/mol. The maximum Gasteiger partial charge on any atom is 0.133 e. The van der Waals surface area contributed by atoms with Gasteiger partial charge in [0.2, 0.25) is 0 Å². The van der Waals surface area contributed by atoms with Gasteiger partial charge in [-0.15, -0.1) is 0 Å². The smallest absolute Gasteiger partial charge is 0.133 e. The first-order valence-corrected chi connectivity index (χ1v) is 6.99. The fourth-order valence-corrected chi connectivity index (χ4v) is 2.46. The van der Waals surface area contributed by atoms with Gasteiger partial charge in [-0.1, -0.05) is 19.9 Å². The Balaban J connectivity index is 2.65. The third-order valence-corrected chi connectivity index (χ3v) is 3.32. The van der Waals surface area contributed by atoms with Gasteiger partial charge in [-0.2, -0.15) is 0 Å². The standard InChI is InChI=1S/C15H16BrFN2/c1-8(2)15-18-12(7-13(16)19-15)14-10(4)5-9(3)6-11(14)17/h5-8H,1-4H3. The van der Waals surface area contributed by atoms with E-state index in [4.69, 9.17) is 0 Å². The van der Waals surface area contributed by atoms with Crippen molar-refractivity contribution in [3.8, 4) is 11.3 Å². The summed E-state index contributed by atoms with van der Waals surface area (Å²) in [6.07, 6.45) is 0. The van der Waals surface area contributed by atoms with Crippen molar-refractivity contribution in [2.75, 3.05) is 0 Å². The number of aromatic nitrogens is 2. The number of rotatable bonds is 2. The number of hydrogen-bond donors (Lipinski definition) is 0. The van der Waals surface area contributed by atoms with Crippen LogP contribution in [0.4, 0.5) is 4.39 Å². The molecule has 1 aromatic carbocycles. The molecule has 0 amide bonds. The van der Waals surface area contributed by atoms with Gasteiger partial charge >= 0.3 is 0 Å². The van der Waals surface area contributed by atoms with Crippen LogP contribution >= 0.6 is 15.9 Å². The van der Waals surface area contributed by atoms with Gasteiger partial charge in [0.25, 0.3) is 0 Å².